The number of hydrogen-bond acceptors (Lipinski definition) is 5. The van der Waals surface area contributed by atoms with Gasteiger partial charge in [-0.05, 0) is 31.4 Å². The van der Waals surface area contributed by atoms with Gasteiger partial charge < -0.3 is 14.3 Å². The number of phenolic OH excluding ortho intramolecular Hbond substituents is 1. The van der Waals surface area contributed by atoms with E-state index in [2.05, 4.69) is 0 Å². The van der Waals surface area contributed by atoms with Crippen molar-refractivity contribution in [1.29, 1.82) is 0 Å². The van der Waals surface area contributed by atoms with Crippen LogP contribution in [0, 0.1) is 12.8 Å². The van der Waals surface area contributed by atoms with Crippen LogP contribution >= 0.6 is 0 Å². The average molecular weight is 330 g/mol. The fourth-order valence-electron chi connectivity index (χ4n) is 3.39. The van der Waals surface area contributed by atoms with Crippen LogP contribution < -0.4 is 5.63 Å². The topological polar surface area (TPSA) is 76.7 Å². The number of ether oxygens (including phenoxy) is 1. The minimum Gasteiger partial charge on any atom is -0.508 e. The van der Waals surface area contributed by atoms with Crippen molar-refractivity contribution in [1.82, 2.24) is 0 Å². The Morgan fingerprint density at radius 1 is 1.33 bits per heavy atom. The molecule has 0 aliphatic heterocycles. The van der Waals surface area contributed by atoms with Crippen molar-refractivity contribution < 1.29 is 19.1 Å². The van der Waals surface area contributed by atoms with Crippen LogP contribution in [-0.4, -0.2) is 11.1 Å². The lowest BCUT2D eigenvalue weighted by molar-refractivity contribution is -0.145. The highest BCUT2D eigenvalue weighted by Crippen LogP contribution is 2.29. The standard InChI is InChI=1S/C19H22O5/c1-12-16(20)8-7-15-14(10-18(22)24-19(12)15)11-23-17(21)9-6-13-4-2-3-5-13/h7-8,10,13,20H,2-6,9,11H2,1H3. The van der Waals surface area contributed by atoms with E-state index >= 15 is 0 Å². The molecule has 3 rings (SSSR count). The maximum atomic E-state index is 12.0. The Balaban J connectivity index is 1.69. The van der Waals surface area contributed by atoms with Crippen LogP contribution in [0.25, 0.3) is 11.0 Å². The number of fused-ring (bicyclic) bond motifs is 1. The Kier molecular flexibility index (Phi) is 4.88. The minimum absolute atomic E-state index is 0.0375. The quantitative estimate of drug-likeness (QED) is 0.666. The first-order valence-corrected chi connectivity index (χ1v) is 8.45. The van der Waals surface area contributed by atoms with Gasteiger partial charge in [0, 0.05) is 29.0 Å². The number of rotatable bonds is 5. The van der Waals surface area contributed by atoms with Gasteiger partial charge in [-0.2, -0.15) is 0 Å². The molecule has 1 saturated carbocycles. The summed E-state index contributed by atoms with van der Waals surface area (Å²) in [5.74, 6) is 0.475. The van der Waals surface area contributed by atoms with Gasteiger partial charge in [-0.25, -0.2) is 4.79 Å². The second kappa shape index (κ2) is 7.07. The smallest absolute Gasteiger partial charge is 0.336 e. The molecule has 5 heteroatoms. The first-order chi connectivity index (χ1) is 11.5. The summed E-state index contributed by atoms with van der Waals surface area (Å²) in [6, 6.07) is 4.55. The molecule has 1 aliphatic rings. The van der Waals surface area contributed by atoms with Gasteiger partial charge in [-0.15, -0.1) is 0 Å². The molecular weight excluding hydrogens is 308 g/mol. The van der Waals surface area contributed by atoms with Crippen LogP contribution in [0.4, 0.5) is 0 Å². The van der Waals surface area contributed by atoms with E-state index in [-0.39, 0.29) is 18.3 Å². The van der Waals surface area contributed by atoms with Crippen LogP contribution in [0.15, 0.2) is 27.4 Å². The van der Waals surface area contributed by atoms with Crippen molar-refractivity contribution in [2.24, 2.45) is 5.92 Å². The third-order valence-corrected chi connectivity index (χ3v) is 4.84. The molecule has 0 radical (unpaired) electrons. The first-order valence-electron chi connectivity index (χ1n) is 8.45. The highest BCUT2D eigenvalue weighted by atomic mass is 16.5. The number of phenols is 1. The maximum Gasteiger partial charge on any atom is 0.336 e. The Labute approximate surface area is 140 Å². The first kappa shape index (κ1) is 16.6. The maximum absolute atomic E-state index is 12.0. The SMILES string of the molecule is Cc1c(O)ccc2c(COC(=O)CCC3CCCC3)cc(=O)oc12. The van der Waals surface area contributed by atoms with Gasteiger partial charge in [0.15, 0.2) is 0 Å². The van der Waals surface area contributed by atoms with E-state index in [1.165, 1.54) is 31.7 Å². The molecule has 1 N–H and O–H groups in total. The molecule has 2 aromatic rings. The number of carbonyl (C=O) groups excluding carboxylic acids is 1. The van der Waals surface area contributed by atoms with Crippen LogP contribution in [0.3, 0.4) is 0 Å². The molecule has 128 valence electrons. The van der Waals surface area contributed by atoms with E-state index in [1.54, 1.807) is 19.1 Å². The number of aryl methyl sites for hydroxylation is 1. The molecule has 1 aliphatic carbocycles. The summed E-state index contributed by atoms with van der Waals surface area (Å²) in [7, 11) is 0. The van der Waals surface area contributed by atoms with Crippen molar-refractivity contribution in [3.63, 3.8) is 0 Å². The Morgan fingerprint density at radius 2 is 2.08 bits per heavy atom. The summed E-state index contributed by atoms with van der Waals surface area (Å²) in [4.78, 5) is 23.7. The van der Waals surface area contributed by atoms with Gasteiger partial charge in [-0.1, -0.05) is 25.7 Å². The van der Waals surface area contributed by atoms with Crippen molar-refractivity contribution in [2.75, 3.05) is 0 Å². The molecule has 0 bridgehead atoms. The van der Waals surface area contributed by atoms with Crippen LogP contribution in [-0.2, 0) is 16.1 Å². The largest absolute Gasteiger partial charge is 0.508 e. The van der Waals surface area contributed by atoms with E-state index in [0.717, 1.165) is 6.42 Å². The zero-order chi connectivity index (χ0) is 17.1. The zero-order valence-electron chi connectivity index (χ0n) is 13.8. The number of hydrogen-bond donors (Lipinski definition) is 1. The molecule has 0 atom stereocenters. The van der Waals surface area contributed by atoms with E-state index < -0.39 is 5.63 Å². The number of carbonyl (C=O) groups is 1. The molecule has 0 spiro atoms. The summed E-state index contributed by atoms with van der Waals surface area (Å²) < 4.78 is 10.5. The molecular formula is C19H22O5. The number of esters is 1. The molecule has 5 nitrogen and oxygen atoms in total. The van der Waals surface area contributed by atoms with E-state index in [0.29, 0.717) is 34.4 Å². The van der Waals surface area contributed by atoms with Crippen LogP contribution in [0.1, 0.15) is 49.7 Å². The second-order valence-electron chi connectivity index (χ2n) is 6.53. The fourth-order valence-corrected chi connectivity index (χ4v) is 3.39. The lowest BCUT2D eigenvalue weighted by atomic mass is 10.0. The molecule has 0 amide bonds. The summed E-state index contributed by atoms with van der Waals surface area (Å²) in [5.41, 5.74) is 0.908. The summed E-state index contributed by atoms with van der Waals surface area (Å²) in [6.45, 7) is 1.72. The monoisotopic (exact) mass is 330 g/mol. The third-order valence-electron chi connectivity index (χ3n) is 4.84. The van der Waals surface area contributed by atoms with Crippen molar-refractivity contribution >= 4 is 16.9 Å². The molecule has 0 unspecified atom stereocenters. The van der Waals surface area contributed by atoms with E-state index in [4.69, 9.17) is 9.15 Å². The fraction of sp³-hybridized carbons (Fsp3) is 0.474. The van der Waals surface area contributed by atoms with Crippen molar-refractivity contribution in [2.45, 2.75) is 52.1 Å². The number of aromatic hydroxyl groups is 1. The Bertz CT molecular complexity index is 799. The van der Waals surface area contributed by atoms with Gasteiger partial charge >= 0.3 is 11.6 Å². The molecule has 0 saturated heterocycles. The molecule has 1 aromatic carbocycles. The normalized spacial score (nSPS) is 15.0. The molecule has 1 fully saturated rings. The summed E-state index contributed by atoms with van der Waals surface area (Å²) >= 11 is 0. The van der Waals surface area contributed by atoms with Crippen molar-refractivity contribution in [3.8, 4) is 5.75 Å². The van der Waals surface area contributed by atoms with Gasteiger partial charge in [-0.3, -0.25) is 4.79 Å². The zero-order valence-corrected chi connectivity index (χ0v) is 13.8. The average Bonchev–Trinajstić information content (AvgIpc) is 3.08. The van der Waals surface area contributed by atoms with Crippen LogP contribution in [0.5, 0.6) is 5.75 Å². The van der Waals surface area contributed by atoms with Gasteiger partial charge in [0.05, 0.1) is 0 Å². The lowest BCUT2D eigenvalue weighted by Gasteiger charge is -2.10. The van der Waals surface area contributed by atoms with Gasteiger partial charge in [0.1, 0.15) is 17.9 Å². The lowest BCUT2D eigenvalue weighted by Crippen LogP contribution is -2.09. The van der Waals surface area contributed by atoms with E-state index in [9.17, 15) is 14.7 Å². The Hall–Kier alpha value is -2.30. The van der Waals surface area contributed by atoms with Crippen molar-refractivity contribution in [3.05, 3.63) is 39.7 Å². The summed E-state index contributed by atoms with van der Waals surface area (Å²) in [6.07, 6.45) is 6.24. The predicted molar refractivity (Wildman–Crippen MR) is 89.9 cm³/mol. The third kappa shape index (κ3) is 3.61. The number of benzene rings is 1. The molecule has 24 heavy (non-hydrogen) atoms. The van der Waals surface area contributed by atoms with E-state index in [1.807, 2.05) is 0 Å². The second-order valence-corrected chi connectivity index (χ2v) is 6.53. The van der Waals surface area contributed by atoms with Gasteiger partial charge in [0.25, 0.3) is 0 Å². The summed E-state index contributed by atoms with van der Waals surface area (Å²) in [5, 5.41) is 10.4. The van der Waals surface area contributed by atoms with Crippen LogP contribution in [0.2, 0.25) is 0 Å². The molecule has 1 heterocycles. The minimum atomic E-state index is -0.520. The highest BCUT2D eigenvalue weighted by Gasteiger charge is 2.17. The van der Waals surface area contributed by atoms with Gasteiger partial charge in [0.2, 0.25) is 0 Å². The Morgan fingerprint density at radius 3 is 2.83 bits per heavy atom. The highest BCUT2D eigenvalue weighted by molar-refractivity contribution is 5.85. The predicted octanol–water partition coefficient (Wildman–Crippen LogP) is 3.82. The molecule has 1 aromatic heterocycles.